The number of nitrogens with zero attached hydrogens (tertiary/aromatic N) is 1. The van der Waals surface area contributed by atoms with E-state index in [1.54, 1.807) is 4.90 Å². The molecule has 1 aromatic heterocycles. The Morgan fingerprint density at radius 3 is 2.76 bits per heavy atom. The minimum Gasteiger partial charge on any atom is -0.459 e. The number of carbonyl (C=O) groups excluding carboxylic acids is 2. The Kier molecular flexibility index (Phi) is 4.97. The molecule has 1 saturated heterocycles. The van der Waals surface area contributed by atoms with Crippen LogP contribution in [0.5, 0.6) is 0 Å². The van der Waals surface area contributed by atoms with Crippen LogP contribution in [0.4, 0.5) is 4.79 Å². The first-order valence-electron chi connectivity index (χ1n) is 8.77. The van der Waals surface area contributed by atoms with Gasteiger partial charge in [0.1, 0.15) is 11.3 Å². The lowest BCUT2D eigenvalue weighted by atomic mass is 9.98. The summed E-state index contributed by atoms with van der Waals surface area (Å²) in [6.45, 7) is 7.58. The second-order valence-corrected chi connectivity index (χ2v) is 6.85. The number of hydrogen-bond acceptors (Lipinski definition) is 3. The van der Waals surface area contributed by atoms with Crippen molar-refractivity contribution in [2.24, 2.45) is 5.92 Å². The van der Waals surface area contributed by atoms with E-state index < -0.39 is 0 Å². The van der Waals surface area contributed by atoms with E-state index in [0.29, 0.717) is 26.1 Å². The zero-order valence-electron chi connectivity index (χ0n) is 15.0. The Labute approximate surface area is 147 Å². The van der Waals surface area contributed by atoms with E-state index in [9.17, 15) is 9.59 Å². The van der Waals surface area contributed by atoms with Gasteiger partial charge >= 0.3 is 6.03 Å². The number of aryl methyl sites for hydroxylation is 1. The molecule has 3 rings (SSSR count). The Bertz CT molecular complexity index is 781. The summed E-state index contributed by atoms with van der Waals surface area (Å²) in [6, 6.07) is 7.53. The average molecular weight is 343 g/mol. The first-order valence-corrected chi connectivity index (χ1v) is 8.77. The Hall–Kier alpha value is -2.50. The molecule has 1 aliphatic rings. The second-order valence-electron chi connectivity index (χ2n) is 6.85. The third-order valence-electron chi connectivity index (χ3n) is 4.71. The van der Waals surface area contributed by atoms with Gasteiger partial charge in [-0.15, -0.1) is 0 Å². The molecule has 2 N–H and O–H groups in total. The molecule has 2 aromatic rings. The Balaban J connectivity index is 1.82. The summed E-state index contributed by atoms with van der Waals surface area (Å²) in [5.41, 5.74) is 1.89. The highest BCUT2D eigenvalue weighted by molar-refractivity contribution is 5.83. The number of hydrogen-bond donors (Lipinski definition) is 2. The van der Waals surface area contributed by atoms with Gasteiger partial charge in [0.15, 0.2) is 0 Å². The lowest BCUT2D eigenvalue weighted by Gasteiger charge is -2.26. The van der Waals surface area contributed by atoms with Crippen LogP contribution in [0.3, 0.4) is 0 Å². The molecule has 6 nitrogen and oxygen atoms in total. The molecular weight excluding hydrogens is 318 g/mol. The van der Waals surface area contributed by atoms with Gasteiger partial charge in [-0.3, -0.25) is 4.79 Å². The van der Waals surface area contributed by atoms with Gasteiger partial charge in [0.2, 0.25) is 5.91 Å². The van der Waals surface area contributed by atoms with Crippen LogP contribution in [0.1, 0.15) is 37.6 Å². The van der Waals surface area contributed by atoms with E-state index >= 15 is 0 Å². The van der Waals surface area contributed by atoms with Crippen LogP contribution in [0.25, 0.3) is 11.0 Å². The van der Waals surface area contributed by atoms with Gasteiger partial charge in [-0.1, -0.05) is 32.0 Å². The van der Waals surface area contributed by atoms with Gasteiger partial charge in [-0.2, -0.15) is 0 Å². The highest BCUT2D eigenvalue weighted by atomic mass is 16.3. The van der Waals surface area contributed by atoms with Crippen LogP contribution in [-0.4, -0.2) is 36.5 Å². The smallest absolute Gasteiger partial charge is 0.318 e. The molecule has 0 saturated carbocycles. The summed E-state index contributed by atoms with van der Waals surface area (Å²) in [5.74, 6) is 0.965. The summed E-state index contributed by atoms with van der Waals surface area (Å²) in [6.07, 6.45) is 0.337. The fourth-order valence-electron chi connectivity index (χ4n) is 3.22. The van der Waals surface area contributed by atoms with Crippen LogP contribution in [0.2, 0.25) is 0 Å². The molecule has 0 radical (unpaired) electrons. The highest BCUT2D eigenvalue weighted by Crippen LogP contribution is 2.32. The van der Waals surface area contributed by atoms with E-state index in [4.69, 9.17) is 4.42 Å². The van der Waals surface area contributed by atoms with Crippen molar-refractivity contribution >= 4 is 22.9 Å². The molecule has 1 atom stereocenters. The van der Waals surface area contributed by atoms with E-state index in [0.717, 1.165) is 22.3 Å². The topological polar surface area (TPSA) is 74.6 Å². The molecule has 1 aromatic carbocycles. The number of rotatable bonds is 3. The molecule has 3 amide bonds. The summed E-state index contributed by atoms with van der Waals surface area (Å²) in [4.78, 5) is 25.9. The molecule has 0 unspecified atom stereocenters. The van der Waals surface area contributed by atoms with Crippen LogP contribution in [0, 0.1) is 12.8 Å². The predicted molar refractivity (Wildman–Crippen MR) is 96.3 cm³/mol. The number of fused-ring (bicyclic) bond motifs is 1. The van der Waals surface area contributed by atoms with Crippen molar-refractivity contribution in [1.29, 1.82) is 0 Å². The second kappa shape index (κ2) is 7.17. The van der Waals surface area contributed by atoms with Crippen molar-refractivity contribution in [2.75, 3.05) is 19.6 Å². The van der Waals surface area contributed by atoms with Crippen LogP contribution < -0.4 is 10.6 Å². The van der Waals surface area contributed by atoms with Gasteiger partial charge in [0, 0.05) is 37.0 Å². The Morgan fingerprint density at radius 1 is 1.28 bits per heavy atom. The fraction of sp³-hybridized carbons (Fsp3) is 0.474. The summed E-state index contributed by atoms with van der Waals surface area (Å²) in [7, 11) is 0. The molecule has 1 aliphatic heterocycles. The standard InChI is InChI=1S/C19H25N3O3/c1-12(2)17(18-13(3)14-6-4-5-7-15(14)25-18)21-19(24)22-10-8-16(23)20-9-11-22/h4-7,12,17H,8-11H2,1-3H3,(H,20,23)(H,21,24)/t17-/m0/s1. The SMILES string of the molecule is Cc1c([C@@H](NC(=O)N2CCNC(=O)CC2)C(C)C)oc2ccccc12. The number of para-hydroxylation sites is 1. The van der Waals surface area contributed by atoms with Gasteiger partial charge in [-0.25, -0.2) is 4.79 Å². The van der Waals surface area contributed by atoms with Crippen molar-refractivity contribution in [2.45, 2.75) is 33.2 Å². The summed E-state index contributed by atoms with van der Waals surface area (Å²) < 4.78 is 6.05. The third-order valence-corrected chi connectivity index (χ3v) is 4.71. The minimum absolute atomic E-state index is 0.0103. The number of urea groups is 1. The molecule has 2 heterocycles. The zero-order valence-corrected chi connectivity index (χ0v) is 15.0. The van der Waals surface area contributed by atoms with Gasteiger partial charge in [-0.05, 0) is 18.9 Å². The molecule has 0 bridgehead atoms. The maximum Gasteiger partial charge on any atom is 0.318 e. The quantitative estimate of drug-likeness (QED) is 0.900. The van der Waals surface area contributed by atoms with Gasteiger partial charge in [0.05, 0.1) is 6.04 Å². The molecule has 0 aliphatic carbocycles. The van der Waals surface area contributed by atoms with E-state index in [1.165, 1.54) is 0 Å². The lowest BCUT2D eigenvalue weighted by molar-refractivity contribution is -0.120. The van der Waals surface area contributed by atoms with Crippen molar-refractivity contribution in [3.8, 4) is 0 Å². The number of benzene rings is 1. The van der Waals surface area contributed by atoms with E-state index in [2.05, 4.69) is 24.5 Å². The highest BCUT2D eigenvalue weighted by Gasteiger charge is 2.27. The van der Waals surface area contributed by atoms with Gasteiger partial charge < -0.3 is 20.0 Å². The minimum atomic E-state index is -0.216. The van der Waals surface area contributed by atoms with Crippen LogP contribution in [-0.2, 0) is 4.79 Å². The summed E-state index contributed by atoms with van der Waals surface area (Å²) in [5, 5.41) is 6.96. The fourth-order valence-corrected chi connectivity index (χ4v) is 3.22. The van der Waals surface area contributed by atoms with Crippen molar-refractivity contribution in [1.82, 2.24) is 15.5 Å². The van der Waals surface area contributed by atoms with Crippen LogP contribution in [0.15, 0.2) is 28.7 Å². The maximum absolute atomic E-state index is 12.7. The average Bonchev–Trinajstić information content (AvgIpc) is 2.76. The predicted octanol–water partition coefficient (Wildman–Crippen LogP) is 2.97. The molecule has 25 heavy (non-hydrogen) atoms. The number of carbonyl (C=O) groups is 2. The van der Waals surface area contributed by atoms with Crippen molar-refractivity contribution in [3.05, 3.63) is 35.6 Å². The molecule has 1 fully saturated rings. The van der Waals surface area contributed by atoms with E-state index in [1.807, 2.05) is 31.2 Å². The normalized spacial score (nSPS) is 16.6. The lowest BCUT2D eigenvalue weighted by Crippen LogP contribution is -2.44. The number of nitrogens with one attached hydrogen (secondary N) is 2. The molecule has 0 spiro atoms. The first kappa shape index (κ1) is 17.3. The van der Waals surface area contributed by atoms with Crippen LogP contribution >= 0.6 is 0 Å². The van der Waals surface area contributed by atoms with Crippen molar-refractivity contribution in [3.63, 3.8) is 0 Å². The Morgan fingerprint density at radius 2 is 2.04 bits per heavy atom. The first-order chi connectivity index (χ1) is 12.0. The van der Waals surface area contributed by atoms with E-state index in [-0.39, 0.29) is 23.9 Å². The van der Waals surface area contributed by atoms with Crippen molar-refractivity contribution < 1.29 is 14.0 Å². The molecule has 6 heteroatoms. The maximum atomic E-state index is 12.7. The molecule has 134 valence electrons. The number of furan rings is 1. The number of amides is 3. The zero-order chi connectivity index (χ0) is 18.0. The molecular formula is C19H25N3O3. The largest absolute Gasteiger partial charge is 0.459 e. The van der Waals surface area contributed by atoms with Gasteiger partial charge in [0.25, 0.3) is 0 Å². The summed E-state index contributed by atoms with van der Waals surface area (Å²) >= 11 is 0. The monoisotopic (exact) mass is 343 g/mol. The third kappa shape index (κ3) is 3.62.